The van der Waals surface area contributed by atoms with E-state index in [9.17, 15) is 4.79 Å². The second-order valence-electron chi connectivity index (χ2n) is 5.41. The number of carbonyl (C=O) groups excluding carboxylic acids is 1. The Balaban J connectivity index is 1.58. The highest BCUT2D eigenvalue weighted by Crippen LogP contribution is 2.24. The molecule has 2 aromatic carbocycles. The van der Waals surface area contributed by atoms with Crippen LogP contribution in [0.1, 0.15) is 10.4 Å². The van der Waals surface area contributed by atoms with Crippen molar-refractivity contribution in [1.29, 1.82) is 0 Å². The molecule has 5 heteroatoms. The predicted octanol–water partition coefficient (Wildman–Crippen LogP) is 6.26. The molecule has 0 bridgehead atoms. The molecular weight excluding hydrogens is 398 g/mol. The van der Waals surface area contributed by atoms with Crippen molar-refractivity contribution < 1.29 is 9.53 Å². The Morgan fingerprint density at radius 2 is 1.88 bits per heavy atom. The summed E-state index contributed by atoms with van der Waals surface area (Å²) in [6.07, 6.45) is 3.31. The Labute approximate surface area is 159 Å². The number of ether oxygens (including phenoxy) is 1. The second-order valence-corrected chi connectivity index (χ2v) is 7.90. The summed E-state index contributed by atoms with van der Waals surface area (Å²) < 4.78 is 6.84. The Bertz CT molecular complexity index is 900. The smallest absolute Gasteiger partial charge is 0.248 e. The standard InChI is InChI=1S/C20H16BrNO2S/c1-14-3-2-4-17(13-14)24-16-7-5-15(6-8-16)22-20(23)12-10-18-9-11-19(21)25-18/h2-13H,1H3,(H,22,23)/b12-10+. The molecule has 0 spiro atoms. The number of thiophene rings is 1. The summed E-state index contributed by atoms with van der Waals surface area (Å²) >= 11 is 4.97. The van der Waals surface area contributed by atoms with E-state index in [1.165, 1.54) is 6.08 Å². The topological polar surface area (TPSA) is 38.3 Å². The largest absolute Gasteiger partial charge is 0.457 e. The molecular formula is C20H16BrNO2S. The molecule has 1 heterocycles. The van der Waals surface area contributed by atoms with Gasteiger partial charge in [0.05, 0.1) is 3.79 Å². The molecule has 0 saturated heterocycles. The van der Waals surface area contributed by atoms with Gasteiger partial charge in [-0.15, -0.1) is 11.3 Å². The van der Waals surface area contributed by atoms with Crippen molar-refractivity contribution in [2.75, 3.05) is 5.32 Å². The Morgan fingerprint density at radius 3 is 2.56 bits per heavy atom. The molecule has 3 aromatic rings. The highest BCUT2D eigenvalue weighted by molar-refractivity contribution is 9.11. The second kappa shape index (κ2) is 8.14. The van der Waals surface area contributed by atoms with E-state index in [-0.39, 0.29) is 5.91 Å². The normalized spacial score (nSPS) is 10.8. The first-order valence-corrected chi connectivity index (χ1v) is 9.28. The van der Waals surface area contributed by atoms with E-state index in [1.54, 1.807) is 17.4 Å². The third-order valence-corrected chi connectivity index (χ3v) is 4.93. The van der Waals surface area contributed by atoms with Crippen LogP contribution in [-0.2, 0) is 4.79 Å². The number of anilines is 1. The maximum Gasteiger partial charge on any atom is 0.248 e. The van der Waals surface area contributed by atoms with E-state index < -0.39 is 0 Å². The summed E-state index contributed by atoms with van der Waals surface area (Å²) in [6.45, 7) is 2.02. The van der Waals surface area contributed by atoms with Crippen molar-refractivity contribution >= 4 is 44.9 Å². The minimum Gasteiger partial charge on any atom is -0.457 e. The zero-order chi connectivity index (χ0) is 17.6. The van der Waals surface area contributed by atoms with Crippen molar-refractivity contribution in [2.45, 2.75) is 6.92 Å². The molecule has 0 aliphatic heterocycles. The molecule has 0 aliphatic rings. The van der Waals surface area contributed by atoms with Crippen molar-refractivity contribution in [2.24, 2.45) is 0 Å². The van der Waals surface area contributed by atoms with Crippen molar-refractivity contribution in [3.05, 3.63) is 81.0 Å². The number of carbonyl (C=O) groups is 1. The number of benzene rings is 2. The zero-order valence-electron chi connectivity index (χ0n) is 13.5. The number of rotatable bonds is 5. The lowest BCUT2D eigenvalue weighted by atomic mass is 10.2. The van der Waals surface area contributed by atoms with Gasteiger partial charge in [-0.1, -0.05) is 12.1 Å². The Hall–Kier alpha value is -2.37. The monoisotopic (exact) mass is 413 g/mol. The lowest BCUT2D eigenvalue weighted by Crippen LogP contribution is -2.07. The van der Waals surface area contributed by atoms with Gasteiger partial charge in [-0.2, -0.15) is 0 Å². The van der Waals surface area contributed by atoms with E-state index in [0.29, 0.717) is 0 Å². The van der Waals surface area contributed by atoms with E-state index in [4.69, 9.17) is 4.74 Å². The van der Waals surface area contributed by atoms with Crippen LogP contribution in [0.2, 0.25) is 0 Å². The fourth-order valence-electron chi connectivity index (χ4n) is 2.18. The minimum atomic E-state index is -0.170. The molecule has 1 N–H and O–H groups in total. The average Bonchev–Trinajstić information content (AvgIpc) is 3.00. The van der Waals surface area contributed by atoms with Gasteiger partial charge in [-0.25, -0.2) is 0 Å². The molecule has 0 fully saturated rings. The highest BCUT2D eigenvalue weighted by Gasteiger charge is 2.01. The lowest BCUT2D eigenvalue weighted by molar-refractivity contribution is -0.111. The first-order chi connectivity index (χ1) is 12.1. The van der Waals surface area contributed by atoms with E-state index >= 15 is 0 Å². The fourth-order valence-corrected chi connectivity index (χ4v) is 3.51. The van der Waals surface area contributed by atoms with Gasteiger partial charge in [0.2, 0.25) is 5.91 Å². The quantitative estimate of drug-likeness (QED) is 0.500. The average molecular weight is 414 g/mol. The van der Waals surface area contributed by atoms with Gasteiger partial charge in [0.25, 0.3) is 0 Å². The zero-order valence-corrected chi connectivity index (χ0v) is 15.9. The molecule has 3 nitrogen and oxygen atoms in total. The Morgan fingerprint density at radius 1 is 1.08 bits per heavy atom. The summed E-state index contributed by atoms with van der Waals surface area (Å²) in [5.41, 5.74) is 1.87. The van der Waals surface area contributed by atoms with Gasteiger partial charge in [0.1, 0.15) is 11.5 Å². The number of aryl methyl sites for hydroxylation is 1. The highest BCUT2D eigenvalue weighted by atomic mass is 79.9. The maximum absolute atomic E-state index is 12.0. The van der Waals surface area contributed by atoms with Crippen LogP contribution in [0.3, 0.4) is 0 Å². The molecule has 0 saturated carbocycles. The van der Waals surface area contributed by atoms with Crippen LogP contribution in [0.15, 0.2) is 70.5 Å². The van der Waals surface area contributed by atoms with Crippen molar-refractivity contribution in [1.82, 2.24) is 0 Å². The van der Waals surface area contributed by atoms with Crippen LogP contribution in [0.5, 0.6) is 11.5 Å². The minimum absolute atomic E-state index is 0.170. The van der Waals surface area contributed by atoms with Crippen LogP contribution in [0.25, 0.3) is 6.08 Å². The molecule has 0 unspecified atom stereocenters. The first kappa shape index (κ1) is 17.5. The third kappa shape index (κ3) is 5.31. The third-order valence-electron chi connectivity index (χ3n) is 3.34. The SMILES string of the molecule is Cc1cccc(Oc2ccc(NC(=O)/C=C/c3ccc(Br)s3)cc2)c1. The molecule has 0 aliphatic carbocycles. The summed E-state index contributed by atoms with van der Waals surface area (Å²) in [6, 6.07) is 19.1. The van der Waals surface area contributed by atoms with Crippen LogP contribution in [0.4, 0.5) is 5.69 Å². The van der Waals surface area contributed by atoms with Gasteiger partial charge < -0.3 is 10.1 Å². The summed E-state index contributed by atoms with van der Waals surface area (Å²) in [5.74, 6) is 1.35. The molecule has 0 radical (unpaired) electrons. The van der Waals surface area contributed by atoms with Crippen LogP contribution in [-0.4, -0.2) is 5.91 Å². The maximum atomic E-state index is 12.0. The molecule has 3 rings (SSSR count). The van der Waals surface area contributed by atoms with Gasteiger partial charge in [0.15, 0.2) is 0 Å². The molecule has 126 valence electrons. The van der Waals surface area contributed by atoms with Gasteiger partial charge in [-0.05, 0) is 83.0 Å². The predicted molar refractivity (Wildman–Crippen MR) is 107 cm³/mol. The molecule has 25 heavy (non-hydrogen) atoms. The first-order valence-electron chi connectivity index (χ1n) is 7.67. The van der Waals surface area contributed by atoms with Crippen molar-refractivity contribution in [3.8, 4) is 11.5 Å². The van der Waals surface area contributed by atoms with Gasteiger partial charge in [0, 0.05) is 16.6 Å². The molecule has 1 amide bonds. The van der Waals surface area contributed by atoms with Gasteiger partial charge >= 0.3 is 0 Å². The summed E-state index contributed by atoms with van der Waals surface area (Å²) in [7, 11) is 0. The number of hydrogen-bond acceptors (Lipinski definition) is 3. The van der Waals surface area contributed by atoms with Crippen molar-refractivity contribution in [3.63, 3.8) is 0 Å². The fraction of sp³-hybridized carbons (Fsp3) is 0.0500. The number of amides is 1. The summed E-state index contributed by atoms with van der Waals surface area (Å²) in [5, 5.41) is 2.83. The molecule has 1 aromatic heterocycles. The number of nitrogens with one attached hydrogen (secondary N) is 1. The number of hydrogen-bond donors (Lipinski definition) is 1. The van der Waals surface area contributed by atoms with Crippen LogP contribution in [0, 0.1) is 6.92 Å². The van der Waals surface area contributed by atoms with E-state index in [2.05, 4.69) is 21.2 Å². The van der Waals surface area contributed by atoms with E-state index in [0.717, 1.165) is 31.4 Å². The number of halogens is 1. The summed E-state index contributed by atoms with van der Waals surface area (Å²) in [4.78, 5) is 13.0. The lowest BCUT2D eigenvalue weighted by Gasteiger charge is -2.07. The van der Waals surface area contributed by atoms with Crippen LogP contribution >= 0.6 is 27.3 Å². The Kier molecular flexibility index (Phi) is 5.68. The molecule has 0 atom stereocenters. The van der Waals surface area contributed by atoms with Crippen LogP contribution < -0.4 is 10.1 Å². The van der Waals surface area contributed by atoms with E-state index in [1.807, 2.05) is 67.6 Å². The van der Waals surface area contributed by atoms with Gasteiger partial charge in [-0.3, -0.25) is 4.79 Å².